The lowest BCUT2D eigenvalue weighted by atomic mass is 10.2. The van der Waals surface area contributed by atoms with Gasteiger partial charge in [0.1, 0.15) is 0 Å². The molecule has 0 aliphatic rings. The molecule has 0 aromatic heterocycles. The van der Waals surface area contributed by atoms with E-state index in [1.807, 2.05) is 12.1 Å². The molecule has 0 heterocycles. The Kier molecular flexibility index (Phi) is 7.43. The molecule has 5 nitrogen and oxygen atoms in total. The normalized spacial score (nSPS) is 10.7. The van der Waals surface area contributed by atoms with Crippen molar-refractivity contribution in [3.05, 3.63) is 62.5 Å². The van der Waals surface area contributed by atoms with Crippen LogP contribution in [0.1, 0.15) is 18.4 Å². The van der Waals surface area contributed by atoms with Crippen molar-refractivity contribution in [2.45, 2.75) is 12.8 Å². The van der Waals surface area contributed by atoms with E-state index in [2.05, 4.69) is 31.8 Å². The second-order valence-corrected chi connectivity index (χ2v) is 6.78. The summed E-state index contributed by atoms with van der Waals surface area (Å²) in [4.78, 5) is 23.5. The second-order valence-electron chi connectivity index (χ2n) is 5.02. The SMILES string of the molecule is O=C(CCC(=O)Nc1cccc(Br)c1)N/N=C/c1ccc(Cl)cc1Cl. The number of benzene rings is 2. The summed E-state index contributed by atoms with van der Waals surface area (Å²) in [7, 11) is 0. The average molecular weight is 443 g/mol. The lowest BCUT2D eigenvalue weighted by Gasteiger charge is -2.05. The third-order valence-corrected chi connectivity index (χ3v) is 4.10. The lowest BCUT2D eigenvalue weighted by molar-refractivity contribution is -0.124. The van der Waals surface area contributed by atoms with Gasteiger partial charge in [-0.2, -0.15) is 5.10 Å². The van der Waals surface area contributed by atoms with E-state index in [-0.39, 0.29) is 24.7 Å². The summed E-state index contributed by atoms with van der Waals surface area (Å²) in [6.45, 7) is 0. The number of nitrogens with one attached hydrogen (secondary N) is 2. The van der Waals surface area contributed by atoms with Gasteiger partial charge in [0, 0.05) is 33.6 Å². The summed E-state index contributed by atoms with van der Waals surface area (Å²) in [5, 5.41) is 7.48. The van der Waals surface area contributed by atoms with Crippen LogP contribution in [-0.4, -0.2) is 18.0 Å². The molecular weight excluding hydrogens is 429 g/mol. The molecule has 0 unspecified atom stereocenters. The van der Waals surface area contributed by atoms with E-state index >= 15 is 0 Å². The zero-order valence-electron chi connectivity index (χ0n) is 12.9. The van der Waals surface area contributed by atoms with Crippen molar-refractivity contribution in [1.29, 1.82) is 0 Å². The third kappa shape index (κ3) is 6.86. The first-order chi connectivity index (χ1) is 11.9. The molecule has 0 saturated heterocycles. The van der Waals surface area contributed by atoms with Crippen LogP contribution in [-0.2, 0) is 9.59 Å². The smallest absolute Gasteiger partial charge is 0.240 e. The monoisotopic (exact) mass is 441 g/mol. The molecule has 2 aromatic carbocycles. The topological polar surface area (TPSA) is 70.6 Å². The van der Waals surface area contributed by atoms with Crippen LogP contribution >= 0.6 is 39.1 Å². The van der Waals surface area contributed by atoms with Crippen LogP contribution in [0, 0.1) is 0 Å². The molecule has 0 spiro atoms. The van der Waals surface area contributed by atoms with Gasteiger partial charge in [0.05, 0.1) is 11.2 Å². The number of carbonyl (C=O) groups is 2. The number of anilines is 1. The van der Waals surface area contributed by atoms with Gasteiger partial charge >= 0.3 is 0 Å². The second kappa shape index (κ2) is 9.56. The molecule has 25 heavy (non-hydrogen) atoms. The molecule has 0 saturated carbocycles. The predicted molar refractivity (Wildman–Crippen MR) is 104 cm³/mol. The number of hydrogen-bond donors (Lipinski definition) is 2. The Hall–Kier alpha value is -1.89. The summed E-state index contributed by atoms with van der Waals surface area (Å²) in [5.41, 5.74) is 3.64. The highest BCUT2D eigenvalue weighted by atomic mass is 79.9. The zero-order chi connectivity index (χ0) is 18.2. The molecule has 0 fully saturated rings. The van der Waals surface area contributed by atoms with Gasteiger partial charge in [-0.25, -0.2) is 5.43 Å². The number of halogens is 3. The molecule has 2 rings (SSSR count). The van der Waals surface area contributed by atoms with Crippen molar-refractivity contribution in [2.24, 2.45) is 5.10 Å². The van der Waals surface area contributed by atoms with Crippen LogP contribution in [0.25, 0.3) is 0 Å². The van der Waals surface area contributed by atoms with E-state index in [0.29, 0.717) is 21.3 Å². The Balaban J connectivity index is 1.76. The van der Waals surface area contributed by atoms with Gasteiger partial charge in [-0.1, -0.05) is 51.3 Å². The fraction of sp³-hybridized carbons (Fsp3) is 0.118. The molecular formula is C17H14BrCl2N3O2. The maximum absolute atomic E-state index is 11.8. The molecule has 130 valence electrons. The average Bonchev–Trinajstić information content (AvgIpc) is 2.55. The standard InChI is InChI=1S/C17H14BrCl2N3O2/c18-12-2-1-3-14(8-12)22-16(24)6-7-17(25)23-21-10-11-4-5-13(19)9-15(11)20/h1-5,8-10H,6-7H2,(H,22,24)(H,23,25)/b21-10+. The van der Waals surface area contributed by atoms with Gasteiger partial charge in [-0.05, 0) is 30.3 Å². The van der Waals surface area contributed by atoms with Gasteiger partial charge in [-0.15, -0.1) is 0 Å². The Bertz CT molecular complexity index is 812. The Morgan fingerprint density at radius 2 is 1.84 bits per heavy atom. The molecule has 0 aliphatic heterocycles. The van der Waals surface area contributed by atoms with E-state index < -0.39 is 0 Å². The number of hydrogen-bond acceptors (Lipinski definition) is 3. The summed E-state index contributed by atoms with van der Waals surface area (Å²) in [6, 6.07) is 12.1. The molecule has 0 atom stereocenters. The van der Waals surface area contributed by atoms with Crippen LogP contribution in [0.15, 0.2) is 52.0 Å². The van der Waals surface area contributed by atoms with Crippen molar-refractivity contribution in [3.63, 3.8) is 0 Å². The molecule has 2 aromatic rings. The van der Waals surface area contributed by atoms with E-state index in [4.69, 9.17) is 23.2 Å². The summed E-state index contributed by atoms with van der Waals surface area (Å²) < 4.78 is 0.859. The molecule has 8 heteroatoms. The van der Waals surface area contributed by atoms with Crippen LogP contribution in [0.4, 0.5) is 5.69 Å². The number of rotatable bonds is 6. The Labute approximate surface area is 163 Å². The van der Waals surface area contributed by atoms with Gasteiger partial charge < -0.3 is 5.32 Å². The fourth-order valence-electron chi connectivity index (χ4n) is 1.85. The van der Waals surface area contributed by atoms with Crippen molar-refractivity contribution < 1.29 is 9.59 Å². The summed E-state index contributed by atoms with van der Waals surface area (Å²) in [5.74, 6) is -0.622. The van der Waals surface area contributed by atoms with E-state index in [1.54, 1.807) is 30.3 Å². The van der Waals surface area contributed by atoms with Crippen molar-refractivity contribution in [2.75, 3.05) is 5.32 Å². The van der Waals surface area contributed by atoms with Crippen molar-refractivity contribution >= 4 is 62.8 Å². The molecule has 0 radical (unpaired) electrons. The van der Waals surface area contributed by atoms with E-state index in [1.165, 1.54) is 6.21 Å². The fourth-order valence-corrected chi connectivity index (χ4v) is 2.71. The van der Waals surface area contributed by atoms with Crippen molar-refractivity contribution in [1.82, 2.24) is 5.43 Å². The Morgan fingerprint density at radius 1 is 1.08 bits per heavy atom. The number of hydrazone groups is 1. The van der Waals surface area contributed by atoms with Crippen LogP contribution < -0.4 is 10.7 Å². The first-order valence-corrected chi connectivity index (χ1v) is 8.81. The van der Waals surface area contributed by atoms with Crippen LogP contribution in [0.2, 0.25) is 10.0 Å². The largest absolute Gasteiger partial charge is 0.326 e. The van der Waals surface area contributed by atoms with Gasteiger partial charge in [0.2, 0.25) is 11.8 Å². The molecule has 0 bridgehead atoms. The quantitative estimate of drug-likeness (QED) is 0.505. The van der Waals surface area contributed by atoms with Gasteiger partial charge in [0.25, 0.3) is 0 Å². The zero-order valence-corrected chi connectivity index (χ0v) is 16.0. The highest BCUT2D eigenvalue weighted by Crippen LogP contribution is 2.19. The number of nitrogens with zero attached hydrogens (tertiary/aromatic N) is 1. The molecule has 0 aliphatic carbocycles. The summed E-state index contributed by atoms with van der Waals surface area (Å²) in [6.07, 6.45) is 1.49. The number of amides is 2. The number of carbonyl (C=O) groups excluding carboxylic acids is 2. The van der Waals surface area contributed by atoms with Crippen LogP contribution in [0.3, 0.4) is 0 Å². The van der Waals surface area contributed by atoms with E-state index in [0.717, 1.165) is 4.47 Å². The molecule has 2 amide bonds. The lowest BCUT2D eigenvalue weighted by Crippen LogP contribution is -2.20. The summed E-state index contributed by atoms with van der Waals surface area (Å²) >= 11 is 15.1. The highest BCUT2D eigenvalue weighted by Gasteiger charge is 2.07. The van der Waals surface area contributed by atoms with Gasteiger partial charge in [0.15, 0.2) is 0 Å². The minimum atomic E-state index is -0.370. The molecule has 2 N–H and O–H groups in total. The van der Waals surface area contributed by atoms with Crippen molar-refractivity contribution in [3.8, 4) is 0 Å². The maximum atomic E-state index is 11.8. The van der Waals surface area contributed by atoms with Gasteiger partial charge in [-0.3, -0.25) is 9.59 Å². The first kappa shape index (κ1) is 19.4. The minimum Gasteiger partial charge on any atom is -0.326 e. The minimum absolute atomic E-state index is 0.0194. The Morgan fingerprint density at radius 3 is 2.56 bits per heavy atom. The third-order valence-electron chi connectivity index (χ3n) is 3.04. The highest BCUT2D eigenvalue weighted by molar-refractivity contribution is 9.10. The first-order valence-electron chi connectivity index (χ1n) is 7.26. The van der Waals surface area contributed by atoms with Crippen LogP contribution in [0.5, 0.6) is 0 Å². The maximum Gasteiger partial charge on any atom is 0.240 e. The predicted octanol–water partition coefficient (Wildman–Crippen LogP) is 4.62. The van der Waals surface area contributed by atoms with E-state index in [9.17, 15) is 9.59 Å².